The van der Waals surface area contributed by atoms with Crippen LogP contribution in [0.4, 0.5) is 26.1 Å². The minimum atomic E-state index is -2.92. The molecule has 0 unspecified atom stereocenters. The van der Waals surface area contributed by atoms with E-state index < -0.39 is 17.9 Å². The van der Waals surface area contributed by atoms with E-state index >= 15 is 0 Å². The molecular weight excluding hydrogens is 458 g/mol. The summed E-state index contributed by atoms with van der Waals surface area (Å²) in [5.74, 6) is -2.87. The first-order chi connectivity index (χ1) is 16.8. The normalized spacial score (nSPS) is 16.5. The van der Waals surface area contributed by atoms with Crippen molar-refractivity contribution < 1.29 is 13.6 Å². The third-order valence-electron chi connectivity index (χ3n) is 5.94. The monoisotopic (exact) mass is 480 g/mol. The number of anilines is 3. The number of carbonyl (C=O) groups is 1. The Morgan fingerprint density at radius 1 is 1.23 bits per heavy atom. The molecule has 0 aliphatic heterocycles. The molecule has 1 aliphatic rings. The summed E-state index contributed by atoms with van der Waals surface area (Å²) in [7, 11) is 1.66. The van der Waals surface area contributed by atoms with E-state index in [1.54, 1.807) is 43.7 Å². The Morgan fingerprint density at radius 2 is 2.06 bits per heavy atom. The highest BCUT2D eigenvalue weighted by molar-refractivity contribution is 6.00. The maximum atomic E-state index is 13.6. The summed E-state index contributed by atoms with van der Waals surface area (Å²) in [6, 6.07) is 7.31. The molecule has 0 aromatic carbocycles. The summed E-state index contributed by atoms with van der Waals surface area (Å²) >= 11 is 0. The second-order valence-corrected chi connectivity index (χ2v) is 8.28. The van der Waals surface area contributed by atoms with E-state index in [1.165, 1.54) is 15.3 Å². The Bertz CT molecular complexity index is 1480. The summed E-state index contributed by atoms with van der Waals surface area (Å²) < 4.78 is 30.1. The first-order valence-corrected chi connectivity index (χ1v) is 10.9. The molecule has 4 aromatic heterocycles. The van der Waals surface area contributed by atoms with Gasteiger partial charge in [-0.05, 0) is 37.6 Å². The highest BCUT2D eigenvalue weighted by Gasteiger charge is 2.49. The maximum Gasteiger partial charge on any atom is 0.278 e. The fourth-order valence-electron chi connectivity index (χ4n) is 3.82. The predicted molar refractivity (Wildman–Crippen MR) is 126 cm³/mol. The van der Waals surface area contributed by atoms with Crippen LogP contribution in [-0.2, 0) is 0 Å². The molecule has 1 atom stereocenters. The lowest BCUT2D eigenvalue weighted by Gasteiger charge is -2.36. The molecule has 0 radical (unpaired) electrons. The number of aromatic nitrogens is 5. The number of aryl methyl sites for hydroxylation is 1. The third kappa shape index (κ3) is 4.07. The Kier molecular flexibility index (Phi) is 5.42. The van der Waals surface area contributed by atoms with Gasteiger partial charge in [0.2, 0.25) is 0 Å². The van der Waals surface area contributed by atoms with Crippen LogP contribution in [-0.4, -0.2) is 49.1 Å². The van der Waals surface area contributed by atoms with Crippen molar-refractivity contribution in [2.75, 3.05) is 17.7 Å². The van der Waals surface area contributed by atoms with Crippen LogP contribution < -0.4 is 21.5 Å². The van der Waals surface area contributed by atoms with Crippen molar-refractivity contribution in [2.24, 2.45) is 0 Å². The van der Waals surface area contributed by atoms with Gasteiger partial charge in [0.1, 0.15) is 22.9 Å². The zero-order valence-corrected chi connectivity index (χ0v) is 18.9. The lowest BCUT2D eigenvalue weighted by molar-refractivity contribution is -0.102. The summed E-state index contributed by atoms with van der Waals surface area (Å²) in [5, 5.41) is 12.5. The molecule has 3 N–H and O–H groups in total. The number of pyridine rings is 2. The summed E-state index contributed by atoms with van der Waals surface area (Å²) in [6.07, 6.45) is 4.46. The van der Waals surface area contributed by atoms with Crippen molar-refractivity contribution >= 4 is 28.9 Å². The number of carbonyl (C=O) groups excluding carboxylic acids is 1. The Labute approximate surface area is 198 Å². The molecule has 1 fully saturated rings. The third-order valence-corrected chi connectivity index (χ3v) is 5.94. The van der Waals surface area contributed by atoms with Crippen LogP contribution in [0.25, 0.3) is 11.3 Å². The molecule has 1 saturated carbocycles. The molecule has 4 heterocycles. The van der Waals surface area contributed by atoms with Crippen LogP contribution >= 0.6 is 0 Å². The molecular formula is C23H22F2N8O2. The van der Waals surface area contributed by atoms with Gasteiger partial charge in [0.05, 0.1) is 24.1 Å². The Hall–Kier alpha value is -4.35. The number of rotatable bonds is 6. The maximum absolute atomic E-state index is 13.6. The van der Waals surface area contributed by atoms with Crippen molar-refractivity contribution in [3.63, 3.8) is 0 Å². The summed E-state index contributed by atoms with van der Waals surface area (Å²) in [6.45, 7) is 1.86. The van der Waals surface area contributed by atoms with Crippen LogP contribution in [0.2, 0.25) is 0 Å². The van der Waals surface area contributed by atoms with Crippen molar-refractivity contribution in [1.82, 2.24) is 29.5 Å². The predicted octanol–water partition coefficient (Wildman–Crippen LogP) is 2.90. The van der Waals surface area contributed by atoms with E-state index in [0.717, 1.165) is 5.69 Å². The number of alkyl halides is 2. The molecule has 1 amide bonds. The average Bonchev–Trinajstić information content (AvgIpc) is 3.27. The highest BCUT2D eigenvalue weighted by atomic mass is 19.3. The number of hydrogen-bond acceptors (Lipinski definition) is 7. The number of nitrogens with zero attached hydrogens (tertiary/aromatic N) is 5. The van der Waals surface area contributed by atoms with Crippen LogP contribution in [0.15, 0.2) is 53.7 Å². The number of hydrogen-bond donors (Lipinski definition) is 3. The smallest absolute Gasteiger partial charge is 0.278 e. The number of amides is 1. The zero-order valence-electron chi connectivity index (χ0n) is 18.9. The van der Waals surface area contributed by atoms with Crippen molar-refractivity contribution in [2.45, 2.75) is 31.7 Å². The average molecular weight is 480 g/mol. The molecule has 0 spiro atoms. The molecule has 0 saturated heterocycles. The van der Waals surface area contributed by atoms with Crippen molar-refractivity contribution in [3.05, 3.63) is 70.5 Å². The second-order valence-electron chi connectivity index (χ2n) is 8.28. The van der Waals surface area contributed by atoms with Gasteiger partial charge in [-0.1, -0.05) is 0 Å². The van der Waals surface area contributed by atoms with E-state index in [1.807, 2.05) is 13.0 Å². The van der Waals surface area contributed by atoms with E-state index in [4.69, 9.17) is 0 Å². The standard InChI is InChI=1S/C23H22F2N8O2/c1-13-5-6-14(11-27-13)32-9-3-4-16(22(32)35)29-18-10-19(26-2)33-20(31-18)15(12-28-33)21(34)30-17-7-8-23(17,24)25/h3-6,9-12,17,26H,7-8H2,1-2H3,(H,29,31)(H,30,34)/t17-/m0/s1. The molecule has 35 heavy (non-hydrogen) atoms. The fourth-order valence-corrected chi connectivity index (χ4v) is 3.82. The topological polar surface area (TPSA) is 118 Å². The molecule has 0 bridgehead atoms. The lowest BCUT2D eigenvalue weighted by atomic mass is 9.88. The molecule has 180 valence electrons. The quantitative estimate of drug-likeness (QED) is 0.388. The zero-order chi connectivity index (χ0) is 24.7. The van der Waals surface area contributed by atoms with E-state index in [-0.39, 0.29) is 41.1 Å². The minimum Gasteiger partial charge on any atom is -0.373 e. The van der Waals surface area contributed by atoms with Gasteiger partial charge in [0.15, 0.2) is 5.65 Å². The first-order valence-electron chi connectivity index (χ1n) is 10.9. The van der Waals surface area contributed by atoms with Gasteiger partial charge in [-0.2, -0.15) is 9.61 Å². The molecule has 5 rings (SSSR count). The second kappa shape index (κ2) is 8.46. The van der Waals surface area contributed by atoms with Gasteiger partial charge in [0.25, 0.3) is 17.4 Å². The van der Waals surface area contributed by atoms with Crippen LogP contribution in [0.1, 0.15) is 28.9 Å². The van der Waals surface area contributed by atoms with E-state index in [9.17, 15) is 18.4 Å². The van der Waals surface area contributed by atoms with Gasteiger partial charge in [-0.25, -0.2) is 13.8 Å². The van der Waals surface area contributed by atoms with E-state index in [2.05, 4.69) is 31.0 Å². The highest BCUT2D eigenvalue weighted by Crippen LogP contribution is 2.37. The molecule has 12 heteroatoms. The van der Waals surface area contributed by atoms with Crippen LogP contribution in [0.3, 0.4) is 0 Å². The summed E-state index contributed by atoms with van der Waals surface area (Å²) in [5.41, 5.74) is 1.54. The molecule has 1 aliphatic carbocycles. The van der Waals surface area contributed by atoms with Crippen molar-refractivity contribution in [3.8, 4) is 5.69 Å². The minimum absolute atomic E-state index is 0.0454. The molecule has 10 nitrogen and oxygen atoms in total. The number of nitrogens with one attached hydrogen (secondary N) is 3. The first kappa shape index (κ1) is 22.4. The van der Waals surface area contributed by atoms with Crippen molar-refractivity contribution in [1.29, 1.82) is 0 Å². The Morgan fingerprint density at radius 3 is 2.71 bits per heavy atom. The van der Waals surface area contributed by atoms with Crippen LogP contribution in [0.5, 0.6) is 0 Å². The van der Waals surface area contributed by atoms with Gasteiger partial charge >= 0.3 is 0 Å². The van der Waals surface area contributed by atoms with Gasteiger partial charge in [-0.15, -0.1) is 0 Å². The Balaban J connectivity index is 1.49. The number of halogens is 2. The lowest BCUT2D eigenvalue weighted by Crippen LogP contribution is -2.55. The van der Waals surface area contributed by atoms with Crippen LogP contribution in [0, 0.1) is 6.92 Å². The van der Waals surface area contributed by atoms with Gasteiger partial charge < -0.3 is 16.0 Å². The van der Waals surface area contributed by atoms with Gasteiger partial charge in [-0.3, -0.25) is 19.1 Å². The van der Waals surface area contributed by atoms with Gasteiger partial charge in [0, 0.05) is 31.4 Å². The molecule has 4 aromatic rings. The summed E-state index contributed by atoms with van der Waals surface area (Å²) in [4.78, 5) is 34.5. The fraction of sp³-hybridized carbons (Fsp3) is 0.261. The largest absolute Gasteiger partial charge is 0.373 e. The SMILES string of the molecule is CNc1cc(Nc2cccn(-c3ccc(C)nc3)c2=O)nc2c(C(=O)N[C@H]3CCC3(F)F)cnn12. The van der Waals surface area contributed by atoms with E-state index in [0.29, 0.717) is 11.5 Å². The number of fused-ring (bicyclic) bond motifs is 1.